The second-order valence-corrected chi connectivity index (χ2v) is 6.48. The number of aliphatic hydroxyl groups is 1. The summed E-state index contributed by atoms with van der Waals surface area (Å²) in [6.45, 7) is 2.80. The number of hydrogen-bond acceptors (Lipinski definition) is 6. The van der Waals surface area contributed by atoms with Crippen molar-refractivity contribution in [3.63, 3.8) is 0 Å². The van der Waals surface area contributed by atoms with E-state index in [0.717, 1.165) is 4.31 Å². The molecule has 0 aliphatic heterocycles. The predicted molar refractivity (Wildman–Crippen MR) is 78.8 cm³/mol. The topological polar surface area (TPSA) is 113 Å². The van der Waals surface area contributed by atoms with E-state index in [-0.39, 0.29) is 18.0 Å². The molecule has 1 aromatic carbocycles. The van der Waals surface area contributed by atoms with Crippen molar-refractivity contribution in [3.8, 4) is 0 Å². The predicted octanol–water partition coefficient (Wildman–Crippen LogP) is 1.03. The first kappa shape index (κ1) is 17.3. The van der Waals surface area contributed by atoms with E-state index >= 15 is 0 Å². The molecule has 0 saturated heterocycles. The minimum absolute atomic E-state index is 0.120. The molecule has 0 radical (unpaired) electrons. The quantitative estimate of drug-likeness (QED) is 0.573. The molecular weight excluding hydrogens is 298 g/mol. The zero-order valence-electron chi connectivity index (χ0n) is 12.1. The molecule has 1 rings (SSSR count). The molecule has 118 valence electrons. The summed E-state index contributed by atoms with van der Waals surface area (Å²) in [6.07, 6.45) is 0. The van der Waals surface area contributed by atoms with Crippen LogP contribution < -0.4 is 5.32 Å². The van der Waals surface area contributed by atoms with E-state index in [1.807, 2.05) is 0 Å². The van der Waals surface area contributed by atoms with Gasteiger partial charge in [0.25, 0.3) is 5.69 Å². The van der Waals surface area contributed by atoms with Crippen molar-refractivity contribution in [1.29, 1.82) is 0 Å². The summed E-state index contributed by atoms with van der Waals surface area (Å²) in [5.74, 6) is 0. The van der Waals surface area contributed by atoms with Crippen molar-refractivity contribution in [2.75, 3.05) is 25.5 Å². The summed E-state index contributed by atoms with van der Waals surface area (Å²) in [7, 11) is -2.48. The lowest BCUT2D eigenvalue weighted by Crippen LogP contribution is -2.39. The molecule has 0 aliphatic carbocycles. The van der Waals surface area contributed by atoms with E-state index in [9.17, 15) is 18.5 Å². The average molecular weight is 317 g/mol. The third-order valence-corrected chi connectivity index (χ3v) is 5.05. The first-order valence-corrected chi connectivity index (χ1v) is 7.78. The molecular formula is C12H19N3O5S. The maximum atomic E-state index is 12.6. The number of nitrogens with one attached hydrogen (secondary N) is 1. The third kappa shape index (κ3) is 3.69. The van der Waals surface area contributed by atoms with Crippen molar-refractivity contribution in [2.24, 2.45) is 0 Å². The molecule has 1 aromatic rings. The molecule has 0 aromatic heterocycles. The Morgan fingerprint density at radius 1 is 1.43 bits per heavy atom. The fourth-order valence-corrected chi connectivity index (χ4v) is 3.68. The molecule has 0 heterocycles. The molecule has 8 nitrogen and oxygen atoms in total. The summed E-state index contributed by atoms with van der Waals surface area (Å²) in [4.78, 5) is 10.0. The number of nitro benzene ring substituents is 1. The van der Waals surface area contributed by atoms with Crippen molar-refractivity contribution in [2.45, 2.75) is 24.8 Å². The first-order chi connectivity index (χ1) is 9.75. The second-order valence-electron chi connectivity index (χ2n) is 4.62. The Balaban J connectivity index is 3.46. The van der Waals surface area contributed by atoms with Gasteiger partial charge in [0.05, 0.1) is 11.5 Å². The van der Waals surface area contributed by atoms with E-state index in [0.29, 0.717) is 5.69 Å². The minimum atomic E-state index is -4.06. The van der Waals surface area contributed by atoms with E-state index in [2.05, 4.69) is 5.32 Å². The number of rotatable bonds is 7. The van der Waals surface area contributed by atoms with Crippen LogP contribution in [0.4, 0.5) is 11.4 Å². The van der Waals surface area contributed by atoms with Gasteiger partial charge in [0, 0.05) is 31.4 Å². The highest BCUT2D eigenvalue weighted by molar-refractivity contribution is 7.89. The van der Waals surface area contributed by atoms with Gasteiger partial charge in [0.1, 0.15) is 0 Å². The second kappa shape index (κ2) is 6.83. The number of anilines is 1. The van der Waals surface area contributed by atoms with Crippen LogP contribution in [0.5, 0.6) is 0 Å². The Morgan fingerprint density at radius 2 is 2.05 bits per heavy atom. The summed E-state index contributed by atoms with van der Waals surface area (Å²) >= 11 is 0. The van der Waals surface area contributed by atoms with Crippen molar-refractivity contribution in [3.05, 3.63) is 28.3 Å². The summed E-state index contributed by atoms with van der Waals surface area (Å²) in [5.41, 5.74) is -0.0515. The van der Waals surface area contributed by atoms with Gasteiger partial charge in [0.15, 0.2) is 4.90 Å². The lowest BCUT2D eigenvalue weighted by molar-refractivity contribution is -0.387. The minimum Gasteiger partial charge on any atom is -0.395 e. The largest absolute Gasteiger partial charge is 0.395 e. The van der Waals surface area contributed by atoms with Gasteiger partial charge < -0.3 is 10.4 Å². The van der Waals surface area contributed by atoms with Crippen molar-refractivity contribution < 1.29 is 18.4 Å². The van der Waals surface area contributed by atoms with Gasteiger partial charge >= 0.3 is 0 Å². The molecule has 0 fully saturated rings. The fraction of sp³-hybridized carbons (Fsp3) is 0.500. The van der Waals surface area contributed by atoms with Crippen molar-refractivity contribution >= 4 is 21.4 Å². The summed E-state index contributed by atoms with van der Waals surface area (Å²) < 4.78 is 26.2. The summed E-state index contributed by atoms with van der Waals surface area (Å²) in [6, 6.07) is 3.40. The maximum absolute atomic E-state index is 12.6. The number of benzene rings is 1. The Hall–Kier alpha value is -1.71. The molecule has 0 saturated carbocycles. The van der Waals surface area contributed by atoms with Crippen LogP contribution in [0.3, 0.4) is 0 Å². The zero-order valence-corrected chi connectivity index (χ0v) is 12.9. The highest BCUT2D eigenvalue weighted by Gasteiger charge is 2.33. The van der Waals surface area contributed by atoms with E-state index in [1.54, 1.807) is 20.9 Å². The monoisotopic (exact) mass is 317 g/mol. The zero-order chi connectivity index (χ0) is 16.2. The fourth-order valence-electron chi connectivity index (χ4n) is 1.91. The Morgan fingerprint density at radius 3 is 2.48 bits per heavy atom. The van der Waals surface area contributed by atoms with Gasteiger partial charge in [-0.2, -0.15) is 4.31 Å². The highest BCUT2D eigenvalue weighted by Crippen LogP contribution is 2.30. The van der Waals surface area contributed by atoms with Gasteiger partial charge in [-0.15, -0.1) is 0 Å². The van der Waals surface area contributed by atoms with Gasteiger partial charge in [-0.05, 0) is 26.0 Å². The van der Waals surface area contributed by atoms with Crippen LogP contribution in [0.2, 0.25) is 0 Å². The van der Waals surface area contributed by atoms with Crippen LogP contribution in [-0.4, -0.2) is 49.0 Å². The molecule has 0 unspecified atom stereocenters. The number of aliphatic hydroxyl groups excluding tert-OH is 1. The molecule has 21 heavy (non-hydrogen) atoms. The Labute approximate surface area is 123 Å². The third-order valence-electron chi connectivity index (χ3n) is 2.93. The van der Waals surface area contributed by atoms with Gasteiger partial charge in [-0.25, -0.2) is 8.42 Å². The van der Waals surface area contributed by atoms with Crippen LogP contribution in [0.15, 0.2) is 23.1 Å². The lowest BCUT2D eigenvalue weighted by Gasteiger charge is -2.25. The highest BCUT2D eigenvalue weighted by atomic mass is 32.2. The smallest absolute Gasteiger partial charge is 0.291 e. The summed E-state index contributed by atoms with van der Waals surface area (Å²) in [5, 5.41) is 22.9. The maximum Gasteiger partial charge on any atom is 0.291 e. The standard InChI is InChI=1S/C12H19N3O5S/c1-9(2)14(6-7-16)21(19,20)12-5-4-10(13-3)8-11(12)15(17)18/h4-5,8-9,13,16H,6-7H2,1-3H3. The molecule has 0 spiro atoms. The number of hydrogen-bond donors (Lipinski definition) is 2. The normalized spacial score (nSPS) is 11.9. The van der Waals surface area contributed by atoms with Crippen LogP contribution >= 0.6 is 0 Å². The van der Waals surface area contributed by atoms with Gasteiger partial charge in [-0.3, -0.25) is 10.1 Å². The molecule has 2 N–H and O–H groups in total. The molecule has 0 amide bonds. The number of sulfonamides is 1. The first-order valence-electron chi connectivity index (χ1n) is 6.34. The molecule has 0 aliphatic rings. The van der Waals surface area contributed by atoms with Crippen molar-refractivity contribution in [1.82, 2.24) is 4.31 Å². The Kier molecular flexibility index (Phi) is 5.64. The van der Waals surface area contributed by atoms with E-state index < -0.39 is 26.7 Å². The molecule has 0 atom stereocenters. The average Bonchev–Trinajstić information content (AvgIpc) is 2.43. The number of nitrogens with zero attached hydrogens (tertiary/aromatic N) is 2. The van der Waals surface area contributed by atoms with Crippen LogP contribution in [0.25, 0.3) is 0 Å². The van der Waals surface area contributed by atoms with Crippen LogP contribution in [-0.2, 0) is 10.0 Å². The van der Waals surface area contributed by atoms with Crippen LogP contribution in [0, 0.1) is 10.1 Å². The van der Waals surface area contributed by atoms with Crippen LogP contribution in [0.1, 0.15) is 13.8 Å². The Bertz CT molecular complexity index is 615. The SMILES string of the molecule is CNc1ccc(S(=O)(=O)N(CCO)C(C)C)c([N+](=O)[O-])c1. The molecule has 0 bridgehead atoms. The number of nitro groups is 1. The van der Waals surface area contributed by atoms with Gasteiger partial charge in [-0.1, -0.05) is 0 Å². The lowest BCUT2D eigenvalue weighted by atomic mass is 10.3. The van der Waals surface area contributed by atoms with E-state index in [4.69, 9.17) is 5.11 Å². The van der Waals surface area contributed by atoms with E-state index in [1.165, 1.54) is 18.2 Å². The van der Waals surface area contributed by atoms with Gasteiger partial charge in [0.2, 0.25) is 10.0 Å². The molecule has 9 heteroatoms.